The van der Waals surface area contributed by atoms with Gasteiger partial charge in [-0.15, -0.1) is 0 Å². The molecule has 0 saturated carbocycles. The summed E-state index contributed by atoms with van der Waals surface area (Å²) in [7, 11) is 0. The van der Waals surface area contributed by atoms with Crippen molar-refractivity contribution in [2.24, 2.45) is 0 Å². The van der Waals surface area contributed by atoms with Gasteiger partial charge in [-0.05, 0) is 6.92 Å². The van der Waals surface area contributed by atoms with Crippen molar-refractivity contribution in [2.75, 3.05) is 6.61 Å². The molecule has 1 rings (SSSR count). The summed E-state index contributed by atoms with van der Waals surface area (Å²) in [6, 6.07) is 0. The second-order valence-electron chi connectivity index (χ2n) is 2.91. The van der Waals surface area contributed by atoms with Crippen LogP contribution in [-0.2, 0) is 9.53 Å². The van der Waals surface area contributed by atoms with Gasteiger partial charge >= 0.3 is 0 Å². The van der Waals surface area contributed by atoms with Crippen molar-refractivity contribution < 1.29 is 24.9 Å². The van der Waals surface area contributed by atoms with Crippen molar-refractivity contribution in [2.45, 2.75) is 31.3 Å². The van der Waals surface area contributed by atoms with Crippen LogP contribution in [0.3, 0.4) is 0 Å². The lowest BCUT2D eigenvalue weighted by Crippen LogP contribution is -2.55. The van der Waals surface area contributed by atoms with Crippen LogP contribution in [0.4, 0.5) is 0 Å². The predicted molar refractivity (Wildman–Crippen MR) is 38.4 cm³/mol. The molecule has 5 nitrogen and oxygen atoms in total. The number of Topliss-reactive ketones (excluding diaryl/α,β-unsaturated/α-hetero) is 1. The molecule has 1 unspecified atom stereocenters. The summed E-state index contributed by atoms with van der Waals surface area (Å²) >= 11 is 0. The van der Waals surface area contributed by atoms with E-state index in [0.717, 1.165) is 0 Å². The minimum atomic E-state index is -1.33. The van der Waals surface area contributed by atoms with Gasteiger partial charge in [0.15, 0.2) is 5.78 Å². The zero-order valence-electron chi connectivity index (χ0n) is 6.67. The predicted octanol–water partition coefficient (Wildman–Crippen LogP) is -1.94. The average molecular weight is 176 g/mol. The number of ether oxygens (including phenoxy) is 1. The van der Waals surface area contributed by atoms with Gasteiger partial charge in [0.1, 0.15) is 24.4 Å². The third-order valence-corrected chi connectivity index (χ3v) is 1.90. The molecule has 12 heavy (non-hydrogen) atoms. The highest BCUT2D eigenvalue weighted by Gasteiger charge is 2.39. The average Bonchev–Trinajstić information content (AvgIpc) is 2.00. The van der Waals surface area contributed by atoms with Crippen LogP contribution < -0.4 is 0 Å². The minimum absolute atomic E-state index is 0.123. The maximum atomic E-state index is 10.8. The number of aliphatic hydroxyl groups excluding tert-OH is 3. The zero-order chi connectivity index (χ0) is 9.30. The molecule has 1 fully saturated rings. The molecule has 4 atom stereocenters. The minimum Gasteiger partial charge on any atom is -0.388 e. The fourth-order valence-electron chi connectivity index (χ4n) is 1.16. The van der Waals surface area contributed by atoms with Crippen LogP contribution in [0, 0.1) is 0 Å². The van der Waals surface area contributed by atoms with Crippen molar-refractivity contribution in [1.82, 2.24) is 0 Å². The van der Waals surface area contributed by atoms with Crippen molar-refractivity contribution in [3.8, 4) is 0 Å². The number of ketones is 1. The Kier molecular flexibility index (Phi) is 2.79. The van der Waals surface area contributed by atoms with Gasteiger partial charge < -0.3 is 20.1 Å². The summed E-state index contributed by atoms with van der Waals surface area (Å²) in [6.45, 7) is 1.14. The molecule has 0 bridgehead atoms. The SMILES string of the molecule is CC(=O)C1OC[C@@H](O)[C@@H](O)[C@@H]1O. The molecule has 0 aromatic carbocycles. The summed E-state index contributed by atoms with van der Waals surface area (Å²) in [5.41, 5.74) is 0. The van der Waals surface area contributed by atoms with E-state index in [1.807, 2.05) is 0 Å². The van der Waals surface area contributed by atoms with Crippen LogP contribution in [-0.4, -0.2) is 52.1 Å². The van der Waals surface area contributed by atoms with E-state index in [-0.39, 0.29) is 12.4 Å². The van der Waals surface area contributed by atoms with Gasteiger partial charge in [0.25, 0.3) is 0 Å². The lowest BCUT2D eigenvalue weighted by atomic mass is 9.98. The van der Waals surface area contributed by atoms with Gasteiger partial charge in [-0.3, -0.25) is 4.79 Å². The molecule has 1 aliphatic heterocycles. The number of rotatable bonds is 1. The molecule has 1 aliphatic rings. The Balaban J connectivity index is 2.65. The van der Waals surface area contributed by atoms with Crippen molar-refractivity contribution >= 4 is 5.78 Å². The number of hydrogen-bond donors (Lipinski definition) is 3. The van der Waals surface area contributed by atoms with Crippen LogP contribution in [0.2, 0.25) is 0 Å². The normalized spacial score (nSPS) is 42.7. The van der Waals surface area contributed by atoms with Gasteiger partial charge in [0, 0.05) is 0 Å². The lowest BCUT2D eigenvalue weighted by molar-refractivity contribution is -0.189. The first-order valence-corrected chi connectivity index (χ1v) is 3.70. The first-order valence-electron chi connectivity index (χ1n) is 3.70. The van der Waals surface area contributed by atoms with Gasteiger partial charge in [0.05, 0.1) is 6.61 Å². The van der Waals surface area contributed by atoms with E-state index in [1.54, 1.807) is 0 Å². The Bertz CT molecular complexity index is 181. The summed E-state index contributed by atoms with van der Waals surface area (Å²) < 4.78 is 4.82. The largest absolute Gasteiger partial charge is 0.388 e. The van der Waals surface area contributed by atoms with Crippen LogP contribution in [0.1, 0.15) is 6.92 Å². The Hall–Kier alpha value is -0.490. The van der Waals surface area contributed by atoms with E-state index >= 15 is 0 Å². The van der Waals surface area contributed by atoms with Gasteiger partial charge in [0.2, 0.25) is 0 Å². The van der Waals surface area contributed by atoms with Gasteiger partial charge in [-0.1, -0.05) is 0 Å². The molecule has 70 valence electrons. The maximum absolute atomic E-state index is 10.8. The molecular weight excluding hydrogens is 164 g/mol. The topological polar surface area (TPSA) is 87.0 Å². The Morgan fingerprint density at radius 1 is 1.33 bits per heavy atom. The number of carbonyl (C=O) groups is 1. The van der Waals surface area contributed by atoms with E-state index in [4.69, 9.17) is 14.9 Å². The summed E-state index contributed by atoms with van der Waals surface area (Å²) in [5, 5.41) is 27.4. The smallest absolute Gasteiger partial charge is 0.161 e. The molecule has 5 heteroatoms. The van der Waals surface area contributed by atoms with Crippen LogP contribution in [0.5, 0.6) is 0 Å². The second-order valence-corrected chi connectivity index (χ2v) is 2.91. The van der Waals surface area contributed by atoms with E-state index in [1.165, 1.54) is 6.92 Å². The standard InChI is InChI=1S/C7H12O5/c1-3(8)7-6(11)5(10)4(9)2-12-7/h4-7,9-11H,2H2,1H3/t4-,5-,6+,7?/m1/s1. The summed E-state index contributed by atoms with van der Waals surface area (Å²) in [6.07, 6.45) is -4.75. The van der Waals surface area contributed by atoms with Crippen molar-refractivity contribution in [3.63, 3.8) is 0 Å². The number of hydrogen-bond acceptors (Lipinski definition) is 5. The molecule has 0 amide bonds. The van der Waals surface area contributed by atoms with Crippen molar-refractivity contribution in [1.29, 1.82) is 0 Å². The highest BCUT2D eigenvalue weighted by molar-refractivity contribution is 5.81. The third-order valence-electron chi connectivity index (χ3n) is 1.90. The Morgan fingerprint density at radius 3 is 2.42 bits per heavy atom. The molecule has 0 aromatic rings. The van der Waals surface area contributed by atoms with Crippen LogP contribution in [0.15, 0.2) is 0 Å². The lowest BCUT2D eigenvalue weighted by Gasteiger charge is -2.33. The quantitative estimate of drug-likeness (QED) is 0.432. The fourth-order valence-corrected chi connectivity index (χ4v) is 1.16. The first kappa shape index (κ1) is 9.60. The molecule has 0 aliphatic carbocycles. The fraction of sp³-hybridized carbons (Fsp3) is 0.857. The first-order chi connectivity index (χ1) is 5.54. The van der Waals surface area contributed by atoms with E-state index in [9.17, 15) is 9.90 Å². The molecule has 3 N–H and O–H groups in total. The highest BCUT2D eigenvalue weighted by Crippen LogP contribution is 2.15. The van der Waals surface area contributed by atoms with E-state index < -0.39 is 24.4 Å². The summed E-state index contributed by atoms with van der Waals surface area (Å²) in [4.78, 5) is 10.8. The third kappa shape index (κ3) is 1.64. The molecule has 1 saturated heterocycles. The van der Waals surface area contributed by atoms with Crippen molar-refractivity contribution in [3.05, 3.63) is 0 Å². The van der Waals surface area contributed by atoms with E-state index in [0.29, 0.717) is 0 Å². The Morgan fingerprint density at radius 2 is 1.92 bits per heavy atom. The highest BCUT2D eigenvalue weighted by atomic mass is 16.5. The summed E-state index contributed by atoms with van der Waals surface area (Å²) in [5.74, 6) is -0.353. The van der Waals surface area contributed by atoms with E-state index in [2.05, 4.69) is 0 Å². The maximum Gasteiger partial charge on any atom is 0.161 e. The number of carbonyl (C=O) groups excluding carboxylic acids is 1. The Labute approximate surface area is 69.6 Å². The van der Waals surface area contributed by atoms with Crippen LogP contribution in [0.25, 0.3) is 0 Å². The molecule has 0 spiro atoms. The molecular formula is C7H12O5. The number of aliphatic hydroxyl groups is 3. The van der Waals surface area contributed by atoms with Crippen LogP contribution >= 0.6 is 0 Å². The monoisotopic (exact) mass is 176 g/mol. The second kappa shape index (κ2) is 3.49. The zero-order valence-corrected chi connectivity index (χ0v) is 6.67. The van der Waals surface area contributed by atoms with Gasteiger partial charge in [-0.25, -0.2) is 0 Å². The molecule has 1 heterocycles. The van der Waals surface area contributed by atoms with Gasteiger partial charge in [-0.2, -0.15) is 0 Å². The molecule has 0 aromatic heterocycles. The molecule has 0 radical (unpaired) electrons.